The van der Waals surface area contributed by atoms with Crippen molar-refractivity contribution in [2.24, 2.45) is 5.73 Å². The summed E-state index contributed by atoms with van der Waals surface area (Å²) in [6.07, 6.45) is 1.77. The van der Waals surface area contributed by atoms with E-state index in [9.17, 15) is 0 Å². The van der Waals surface area contributed by atoms with E-state index in [1.54, 1.807) is 13.3 Å². The summed E-state index contributed by atoms with van der Waals surface area (Å²) in [7, 11) is 3.72. The topological polar surface area (TPSA) is 51.4 Å². The zero-order valence-electron chi connectivity index (χ0n) is 11.3. The number of para-hydroxylation sites is 1. The molecule has 2 rings (SSSR count). The minimum atomic E-state index is 0.437. The molecule has 0 unspecified atom stereocenters. The number of ether oxygens (including phenoxy) is 1. The van der Waals surface area contributed by atoms with E-state index >= 15 is 0 Å². The van der Waals surface area contributed by atoms with Crippen LogP contribution in [0.3, 0.4) is 0 Å². The van der Waals surface area contributed by atoms with Crippen LogP contribution in [-0.4, -0.2) is 19.1 Å². The van der Waals surface area contributed by atoms with Gasteiger partial charge >= 0.3 is 0 Å². The Kier molecular flexibility index (Phi) is 4.36. The summed E-state index contributed by atoms with van der Waals surface area (Å²) in [6, 6.07) is 12.0. The van der Waals surface area contributed by atoms with Gasteiger partial charge in [0.05, 0.1) is 18.5 Å². The Labute approximate surface area is 113 Å². The van der Waals surface area contributed by atoms with Gasteiger partial charge in [-0.15, -0.1) is 0 Å². The highest BCUT2D eigenvalue weighted by Gasteiger charge is 2.10. The summed E-state index contributed by atoms with van der Waals surface area (Å²) in [5, 5.41) is 0. The van der Waals surface area contributed by atoms with Gasteiger partial charge in [0.15, 0.2) is 0 Å². The van der Waals surface area contributed by atoms with Crippen molar-refractivity contribution in [3.8, 4) is 5.75 Å². The van der Waals surface area contributed by atoms with Crippen LogP contribution in [0.5, 0.6) is 5.75 Å². The molecule has 0 amide bonds. The molecule has 4 nitrogen and oxygen atoms in total. The number of aromatic nitrogens is 1. The average molecular weight is 257 g/mol. The molecule has 0 aliphatic rings. The Morgan fingerprint density at radius 3 is 2.74 bits per heavy atom. The molecule has 4 heteroatoms. The molecule has 0 aliphatic heterocycles. The third-order valence-electron chi connectivity index (χ3n) is 3.07. The molecule has 19 heavy (non-hydrogen) atoms. The molecule has 0 aliphatic carbocycles. The van der Waals surface area contributed by atoms with Gasteiger partial charge in [0.25, 0.3) is 0 Å². The summed E-state index contributed by atoms with van der Waals surface area (Å²) in [4.78, 5) is 6.44. The largest absolute Gasteiger partial charge is 0.496 e. The molecule has 0 fully saturated rings. The van der Waals surface area contributed by atoms with Gasteiger partial charge in [-0.3, -0.25) is 4.98 Å². The lowest BCUT2D eigenvalue weighted by molar-refractivity contribution is 0.409. The van der Waals surface area contributed by atoms with Crippen LogP contribution in [-0.2, 0) is 13.1 Å². The second-order valence-electron chi connectivity index (χ2n) is 4.34. The zero-order valence-corrected chi connectivity index (χ0v) is 11.3. The van der Waals surface area contributed by atoms with Crippen LogP contribution in [0.1, 0.15) is 11.3 Å². The van der Waals surface area contributed by atoms with Crippen molar-refractivity contribution < 1.29 is 4.74 Å². The molecule has 0 atom stereocenters. The first-order chi connectivity index (χ1) is 9.26. The first kappa shape index (κ1) is 13.4. The summed E-state index contributed by atoms with van der Waals surface area (Å²) in [6.45, 7) is 1.19. The van der Waals surface area contributed by atoms with E-state index in [4.69, 9.17) is 10.5 Å². The van der Waals surface area contributed by atoms with Crippen LogP contribution >= 0.6 is 0 Å². The molecule has 0 saturated heterocycles. The van der Waals surface area contributed by atoms with Crippen molar-refractivity contribution in [1.82, 2.24) is 4.98 Å². The van der Waals surface area contributed by atoms with Gasteiger partial charge in [-0.1, -0.05) is 18.2 Å². The molecular formula is C15H19N3O. The lowest BCUT2D eigenvalue weighted by atomic mass is 10.1. The zero-order chi connectivity index (χ0) is 13.7. The average Bonchev–Trinajstić information content (AvgIpc) is 2.47. The lowest BCUT2D eigenvalue weighted by Gasteiger charge is -2.22. The maximum atomic E-state index is 5.72. The summed E-state index contributed by atoms with van der Waals surface area (Å²) in [5.41, 5.74) is 8.82. The van der Waals surface area contributed by atoms with Crippen LogP contribution in [0.15, 0.2) is 42.6 Å². The minimum absolute atomic E-state index is 0.437. The molecule has 2 N–H and O–H groups in total. The Morgan fingerprint density at radius 2 is 2.00 bits per heavy atom. The third-order valence-corrected chi connectivity index (χ3v) is 3.07. The summed E-state index contributed by atoms with van der Waals surface area (Å²) >= 11 is 0. The highest BCUT2D eigenvalue weighted by molar-refractivity contribution is 5.51. The van der Waals surface area contributed by atoms with Crippen molar-refractivity contribution in [1.29, 1.82) is 0 Å². The number of nitrogens with zero attached hydrogens (tertiary/aromatic N) is 2. The van der Waals surface area contributed by atoms with E-state index in [2.05, 4.69) is 16.0 Å². The van der Waals surface area contributed by atoms with Gasteiger partial charge in [0, 0.05) is 31.9 Å². The van der Waals surface area contributed by atoms with Crippen molar-refractivity contribution >= 4 is 5.69 Å². The summed E-state index contributed by atoms with van der Waals surface area (Å²) < 4.78 is 5.37. The highest BCUT2D eigenvalue weighted by Crippen LogP contribution is 2.23. The van der Waals surface area contributed by atoms with Crippen molar-refractivity contribution in [3.05, 3.63) is 53.9 Å². The predicted octanol–water partition coefficient (Wildman–Crippen LogP) is 2.19. The number of nitrogens with two attached hydrogens (primary N) is 1. The van der Waals surface area contributed by atoms with E-state index in [-0.39, 0.29) is 0 Å². The quantitative estimate of drug-likeness (QED) is 0.892. The standard InChI is InChI=1S/C15H19N3O/c1-18(14-7-5-9-17-13(14)10-16)11-12-6-3-4-8-15(12)19-2/h3-9H,10-11,16H2,1-2H3. The number of methoxy groups -OCH3 is 1. The normalized spacial score (nSPS) is 10.3. The van der Waals surface area contributed by atoms with Crippen LogP contribution in [0.4, 0.5) is 5.69 Å². The highest BCUT2D eigenvalue weighted by atomic mass is 16.5. The number of anilines is 1. The Bertz CT molecular complexity index is 542. The molecule has 1 aromatic heterocycles. The second-order valence-corrected chi connectivity index (χ2v) is 4.34. The number of pyridine rings is 1. The van der Waals surface area contributed by atoms with Crippen LogP contribution < -0.4 is 15.4 Å². The Morgan fingerprint density at radius 1 is 1.21 bits per heavy atom. The maximum Gasteiger partial charge on any atom is 0.123 e. The Balaban J connectivity index is 2.23. The fraction of sp³-hybridized carbons (Fsp3) is 0.267. The molecule has 0 saturated carbocycles. The van der Waals surface area contributed by atoms with E-state index in [0.717, 1.165) is 29.2 Å². The fourth-order valence-corrected chi connectivity index (χ4v) is 2.11. The van der Waals surface area contributed by atoms with Crippen molar-refractivity contribution in [3.63, 3.8) is 0 Å². The molecular weight excluding hydrogens is 238 g/mol. The van der Waals surface area contributed by atoms with E-state index < -0.39 is 0 Å². The number of rotatable bonds is 5. The monoisotopic (exact) mass is 257 g/mol. The molecule has 2 aromatic rings. The first-order valence-corrected chi connectivity index (χ1v) is 6.23. The minimum Gasteiger partial charge on any atom is -0.496 e. The van der Waals surface area contributed by atoms with Crippen LogP contribution in [0.2, 0.25) is 0 Å². The first-order valence-electron chi connectivity index (χ1n) is 6.23. The molecule has 0 bridgehead atoms. The maximum absolute atomic E-state index is 5.72. The van der Waals surface area contributed by atoms with E-state index in [0.29, 0.717) is 6.54 Å². The Hall–Kier alpha value is -2.07. The van der Waals surface area contributed by atoms with Crippen molar-refractivity contribution in [2.75, 3.05) is 19.1 Å². The smallest absolute Gasteiger partial charge is 0.123 e. The summed E-state index contributed by atoms with van der Waals surface area (Å²) in [5.74, 6) is 0.896. The van der Waals surface area contributed by atoms with Gasteiger partial charge in [-0.25, -0.2) is 0 Å². The molecule has 1 aromatic carbocycles. The van der Waals surface area contributed by atoms with E-state index in [1.165, 1.54) is 0 Å². The fourth-order valence-electron chi connectivity index (χ4n) is 2.11. The third kappa shape index (κ3) is 3.03. The molecule has 100 valence electrons. The van der Waals surface area contributed by atoms with Gasteiger partial charge < -0.3 is 15.4 Å². The SMILES string of the molecule is COc1ccccc1CN(C)c1cccnc1CN. The van der Waals surface area contributed by atoms with Crippen LogP contribution in [0, 0.1) is 0 Å². The van der Waals surface area contributed by atoms with E-state index in [1.807, 2.05) is 37.4 Å². The number of hydrogen-bond acceptors (Lipinski definition) is 4. The van der Waals surface area contributed by atoms with Gasteiger partial charge in [0.2, 0.25) is 0 Å². The molecule has 0 radical (unpaired) electrons. The lowest BCUT2D eigenvalue weighted by Crippen LogP contribution is -2.20. The predicted molar refractivity (Wildman–Crippen MR) is 77.2 cm³/mol. The van der Waals surface area contributed by atoms with Gasteiger partial charge in [-0.2, -0.15) is 0 Å². The van der Waals surface area contributed by atoms with Crippen LogP contribution in [0.25, 0.3) is 0 Å². The molecule has 1 heterocycles. The van der Waals surface area contributed by atoms with Gasteiger partial charge in [0.1, 0.15) is 5.75 Å². The van der Waals surface area contributed by atoms with Gasteiger partial charge in [-0.05, 0) is 18.2 Å². The second kappa shape index (κ2) is 6.20. The van der Waals surface area contributed by atoms with Crippen molar-refractivity contribution in [2.45, 2.75) is 13.1 Å². The molecule has 0 spiro atoms. The number of hydrogen-bond donors (Lipinski definition) is 1. The number of benzene rings is 1.